The number of ether oxygens (including phenoxy) is 1. The lowest BCUT2D eigenvalue weighted by molar-refractivity contribution is -0.144. The van der Waals surface area contributed by atoms with Crippen molar-refractivity contribution in [2.24, 2.45) is 5.92 Å². The molecule has 1 saturated carbocycles. The van der Waals surface area contributed by atoms with Crippen LogP contribution in [0.25, 0.3) is 0 Å². The normalized spacial score (nSPS) is 24.7. The summed E-state index contributed by atoms with van der Waals surface area (Å²) in [6.45, 7) is 3.44. The average Bonchev–Trinajstić information content (AvgIpc) is 2.96. The topological polar surface area (TPSA) is 63.7 Å². The minimum Gasteiger partial charge on any atom is -0.377 e. The van der Waals surface area contributed by atoms with Gasteiger partial charge >= 0.3 is 0 Å². The third-order valence-electron chi connectivity index (χ3n) is 3.47. The molecule has 1 aliphatic carbocycles. The van der Waals surface area contributed by atoms with Crippen molar-refractivity contribution in [1.82, 2.24) is 4.90 Å². The molecule has 2 aliphatic rings. The number of rotatable bonds is 3. The van der Waals surface area contributed by atoms with E-state index in [9.17, 15) is 13.2 Å². The predicted molar refractivity (Wildman–Crippen MR) is 63.4 cm³/mol. The first-order valence-corrected chi connectivity index (χ1v) is 7.97. The lowest BCUT2D eigenvalue weighted by Gasteiger charge is -2.37. The predicted octanol–water partition coefficient (Wildman–Crippen LogP) is 0.0585. The van der Waals surface area contributed by atoms with Crippen LogP contribution in [0, 0.1) is 5.92 Å². The summed E-state index contributed by atoms with van der Waals surface area (Å²) in [5.74, 6) is -0.573. The Morgan fingerprint density at radius 3 is 2.65 bits per heavy atom. The van der Waals surface area contributed by atoms with Gasteiger partial charge in [0.15, 0.2) is 0 Å². The van der Waals surface area contributed by atoms with Gasteiger partial charge in [0.05, 0.1) is 24.5 Å². The summed E-state index contributed by atoms with van der Waals surface area (Å²) in [4.78, 5) is 14.1. The SMILES string of the molecule is CC(CS(C)(=O)=O)C(=O)N1CCOCC12CC2. The molecule has 0 radical (unpaired) electrons. The Hall–Kier alpha value is -0.620. The molecule has 2 rings (SSSR count). The highest BCUT2D eigenvalue weighted by Crippen LogP contribution is 2.44. The van der Waals surface area contributed by atoms with E-state index >= 15 is 0 Å². The Balaban J connectivity index is 2.04. The van der Waals surface area contributed by atoms with Gasteiger partial charge in [-0.05, 0) is 12.8 Å². The van der Waals surface area contributed by atoms with Crippen LogP contribution in [-0.4, -0.2) is 56.5 Å². The number of hydrogen-bond donors (Lipinski definition) is 0. The third-order valence-corrected chi connectivity index (χ3v) is 4.58. The highest BCUT2D eigenvalue weighted by molar-refractivity contribution is 7.90. The van der Waals surface area contributed by atoms with E-state index in [4.69, 9.17) is 4.74 Å². The molecule has 2 fully saturated rings. The molecule has 0 N–H and O–H groups in total. The van der Waals surface area contributed by atoms with Gasteiger partial charge in [0.1, 0.15) is 9.84 Å². The lowest BCUT2D eigenvalue weighted by Crippen LogP contribution is -2.52. The third kappa shape index (κ3) is 2.80. The van der Waals surface area contributed by atoms with Crippen molar-refractivity contribution in [1.29, 1.82) is 0 Å². The monoisotopic (exact) mass is 261 g/mol. The number of nitrogens with zero attached hydrogens (tertiary/aromatic N) is 1. The first-order valence-electron chi connectivity index (χ1n) is 5.91. The van der Waals surface area contributed by atoms with Gasteiger partial charge in [-0.3, -0.25) is 4.79 Å². The van der Waals surface area contributed by atoms with Gasteiger partial charge in [-0.15, -0.1) is 0 Å². The standard InChI is InChI=1S/C11H19NO4S/c1-9(7-17(2,14)15)10(13)12-5-6-16-8-11(12)3-4-11/h9H,3-8H2,1-2H3. The van der Waals surface area contributed by atoms with Gasteiger partial charge in [0.2, 0.25) is 5.91 Å². The fourth-order valence-corrected chi connectivity index (χ4v) is 3.48. The van der Waals surface area contributed by atoms with Crippen LogP contribution in [0.2, 0.25) is 0 Å². The quantitative estimate of drug-likeness (QED) is 0.720. The number of hydrogen-bond acceptors (Lipinski definition) is 4. The summed E-state index contributed by atoms with van der Waals surface area (Å²) in [5, 5.41) is 0. The van der Waals surface area contributed by atoms with E-state index in [1.165, 1.54) is 6.26 Å². The summed E-state index contributed by atoms with van der Waals surface area (Å²) in [7, 11) is -3.10. The summed E-state index contributed by atoms with van der Waals surface area (Å²) in [6.07, 6.45) is 3.12. The van der Waals surface area contributed by atoms with Gasteiger partial charge in [-0.1, -0.05) is 6.92 Å². The van der Waals surface area contributed by atoms with E-state index in [0.717, 1.165) is 12.8 Å². The zero-order valence-electron chi connectivity index (χ0n) is 10.3. The second kappa shape index (κ2) is 4.24. The maximum absolute atomic E-state index is 12.2. The molecule has 0 aromatic heterocycles. The molecular weight excluding hydrogens is 242 g/mol. The highest BCUT2D eigenvalue weighted by Gasteiger charge is 2.52. The van der Waals surface area contributed by atoms with E-state index in [-0.39, 0.29) is 17.2 Å². The number of morpholine rings is 1. The van der Waals surface area contributed by atoms with Crippen LogP contribution in [0.4, 0.5) is 0 Å². The zero-order valence-corrected chi connectivity index (χ0v) is 11.1. The van der Waals surface area contributed by atoms with E-state index in [1.807, 2.05) is 4.90 Å². The van der Waals surface area contributed by atoms with Crippen LogP contribution in [0.1, 0.15) is 19.8 Å². The van der Waals surface area contributed by atoms with E-state index < -0.39 is 15.8 Å². The van der Waals surface area contributed by atoms with Crippen molar-refractivity contribution in [3.63, 3.8) is 0 Å². The molecule has 98 valence electrons. The number of sulfone groups is 1. The van der Waals surface area contributed by atoms with Gasteiger partial charge < -0.3 is 9.64 Å². The fourth-order valence-electron chi connectivity index (χ4n) is 2.43. The molecular formula is C11H19NO4S. The first-order chi connectivity index (χ1) is 7.84. The molecule has 1 heterocycles. The minimum atomic E-state index is -3.10. The Morgan fingerprint density at radius 2 is 2.12 bits per heavy atom. The van der Waals surface area contributed by atoms with Crippen LogP contribution in [0.15, 0.2) is 0 Å². The summed E-state index contributed by atoms with van der Waals surface area (Å²) in [6, 6.07) is 0. The van der Waals surface area contributed by atoms with Crippen LogP contribution in [0.5, 0.6) is 0 Å². The van der Waals surface area contributed by atoms with Crippen LogP contribution < -0.4 is 0 Å². The molecule has 0 bridgehead atoms. The molecule has 1 unspecified atom stereocenters. The second-order valence-electron chi connectivity index (χ2n) is 5.26. The smallest absolute Gasteiger partial charge is 0.227 e. The summed E-state index contributed by atoms with van der Waals surface area (Å²) < 4.78 is 27.8. The molecule has 1 spiro atoms. The molecule has 1 aliphatic heterocycles. The van der Waals surface area contributed by atoms with Crippen molar-refractivity contribution in [2.75, 3.05) is 31.8 Å². The van der Waals surface area contributed by atoms with Crippen LogP contribution >= 0.6 is 0 Å². The molecule has 17 heavy (non-hydrogen) atoms. The van der Waals surface area contributed by atoms with Crippen molar-refractivity contribution >= 4 is 15.7 Å². The number of amides is 1. The molecule has 1 atom stereocenters. The summed E-state index contributed by atoms with van der Waals surface area (Å²) >= 11 is 0. The molecule has 5 nitrogen and oxygen atoms in total. The van der Waals surface area contributed by atoms with E-state index in [1.54, 1.807) is 6.92 Å². The molecule has 1 saturated heterocycles. The van der Waals surface area contributed by atoms with Crippen molar-refractivity contribution < 1.29 is 17.9 Å². The Labute approximate surface area is 102 Å². The maximum atomic E-state index is 12.2. The largest absolute Gasteiger partial charge is 0.377 e. The fraction of sp³-hybridized carbons (Fsp3) is 0.909. The Kier molecular flexibility index (Phi) is 3.20. The highest BCUT2D eigenvalue weighted by atomic mass is 32.2. The zero-order chi connectivity index (χ0) is 12.7. The van der Waals surface area contributed by atoms with Crippen molar-refractivity contribution in [2.45, 2.75) is 25.3 Å². The van der Waals surface area contributed by atoms with Crippen LogP contribution in [0.3, 0.4) is 0 Å². The van der Waals surface area contributed by atoms with Gasteiger partial charge in [0.25, 0.3) is 0 Å². The van der Waals surface area contributed by atoms with Gasteiger partial charge in [-0.2, -0.15) is 0 Å². The van der Waals surface area contributed by atoms with Crippen molar-refractivity contribution in [3.05, 3.63) is 0 Å². The Morgan fingerprint density at radius 1 is 1.47 bits per heavy atom. The minimum absolute atomic E-state index is 0.0452. The van der Waals surface area contributed by atoms with Crippen molar-refractivity contribution in [3.8, 4) is 0 Å². The first kappa shape index (κ1) is 12.8. The number of carbonyl (C=O) groups excluding carboxylic acids is 1. The average molecular weight is 261 g/mol. The van der Waals surface area contributed by atoms with E-state index in [2.05, 4.69) is 0 Å². The van der Waals surface area contributed by atoms with Crippen LogP contribution in [-0.2, 0) is 19.4 Å². The molecule has 0 aromatic rings. The van der Waals surface area contributed by atoms with Gasteiger partial charge in [0, 0.05) is 18.7 Å². The Bertz CT molecular complexity index is 413. The molecule has 0 aromatic carbocycles. The molecule has 6 heteroatoms. The maximum Gasteiger partial charge on any atom is 0.227 e. The number of carbonyl (C=O) groups is 1. The lowest BCUT2D eigenvalue weighted by atomic mass is 10.1. The summed E-state index contributed by atoms with van der Waals surface area (Å²) in [5.41, 5.74) is -0.110. The van der Waals surface area contributed by atoms with E-state index in [0.29, 0.717) is 19.8 Å². The second-order valence-corrected chi connectivity index (χ2v) is 7.45. The molecule has 1 amide bonds. The van der Waals surface area contributed by atoms with Gasteiger partial charge in [-0.25, -0.2) is 8.42 Å².